The van der Waals surface area contributed by atoms with Crippen molar-refractivity contribution in [2.75, 3.05) is 13.2 Å². The average molecular weight is 420 g/mol. The predicted octanol–water partition coefficient (Wildman–Crippen LogP) is 2.89. The molecule has 0 rings (SSSR count). The first-order valence-electron chi connectivity index (χ1n) is 7.21. The second-order valence-electron chi connectivity index (χ2n) is 7.49. The topological polar surface area (TPSA) is 80.9 Å². The predicted molar refractivity (Wildman–Crippen MR) is 95.0 cm³/mol. The van der Waals surface area contributed by atoms with Gasteiger partial charge in [-0.2, -0.15) is 0 Å². The SMILES string of the molecule is CC(C)CO.CC(C)CO.C[Si](C)(C)O.C[Si](C)(C)O.[Zr]. The third-order valence-electron chi connectivity index (χ3n) is 0.730. The third-order valence-corrected chi connectivity index (χ3v) is 0.730. The number of rotatable bonds is 2. The summed E-state index contributed by atoms with van der Waals surface area (Å²) < 4.78 is 0. The second-order valence-corrected chi connectivity index (χ2v) is 16.2. The fourth-order valence-electron chi connectivity index (χ4n) is 0. The summed E-state index contributed by atoms with van der Waals surface area (Å²) in [6.45, 7) is 19.8. The number of aliphatic hydroxyl groups excluding tert-OH is 2. The van der Waals surface area contributed by atoms with Gasteiger partial charge in [-0.25, -0.2) is 0 Å². The van der Waals surface area contributed by atoms with E-state index >= 15 is 0 Å². The molecule has 0 heterocycles. The first-order chi connectivity index (χ1) is 8.54. The molecule has 21 heavy (non-hydrogen) atoms. The zero-order valence-corrected chi connectivity index (χ0v) is 20.3. The van der Waals surface area contributed by atoms with Gasteiger partial charge in [0.1, 0.15) is 0 Å². The van der Waals surface area contributed by atoms with Gasteiger partial charge < -0.3 is 19.8 Å². The zero-order chi connectivity index (χ0) is 17.6. The Morgan fingerprint density at radius 1 is 0.619 bits per heavy atom. The van der Waals surface area contributed by atoms with Crippen LogP contribution in [0, 0.1) is 11.8 Å². The molecule has 0 aromatic rings. The van der Waals surface area contributed by atoms with Gasteiger partial charge in [0.25, 0.3) is 0 Å². The molecule has 0 atom stereocenters. The maximum absolute atomic E-state index is 8.66. The summed E-state index contributed by atoms with van der Waals surface area (Å²) in [4.78, 5) is 17.3. The Morgan fingerprint density at radius 2 is 0.667 bits per heavy atom. The summed E-state index contributed by atoms with van der Waals surface area (Å²) in [7, 11) is -3.22. The van der Waals surface area contributed by atoms with Crippen molar-refractivity contribution in [3.8, 4) is 0 Å². The summed E-state index contributed by atoms with van der Waals surface area (Å²) in [5, 5.41) is 16.3. The molecule has 132 valence electrons. The van der Waals surface area contributed by atoms with Crippen molar-refractivity contribution in [2.24, 2.45) is 11.8 Å². The Labute approximate surface area is 154 Å². The minimum atomic E-state index is -1.61. The summed E-state index contributed by atoms with van der Waals surface area (Å²) in [5.74, 6) is 0.880. The quantitative estimate of drug-likeness (QED) is 0.519. The molecular weight excluding hydrogens is 380 g/mol. The normalized spacial score (nSPS) is 10.3. The monoisotopic (exact) mass is 418 g/mol. The van der Waals surface area contributed by atoms with Crippen LogP contribution in [0.2, 0.25) is 39.3 Å². The van der Waals surface area contributed by atoms with E-state index in [4.69, 9.17) is 19.8 Å². The maximum Gasteiger partial charge on any atom is 0.179 e. The standard InChI is InChI=1S/2C4H10O.2C3H10OSi.Zr/c2*1-4(2)3-5;2*1-5(2,3)4;/h2*4-5H,3H2,1-2H3;2*4H,1-3H3;. The molecule has 0 saturated carbocycles. The molecule has 0 aliphatic heterocycles. The second kappa shape index (κ2) is 19.2. The Bertz CT molecular complexity index is 147. The maximum atomic E-state index is 8.66. The zero-order valence-electron chi connectivity index (χ0n) is 15.9. The molecule has 0 aromatic carbocycles. The van der Waals surface area contributed by atoms with Gasteiger partial charge in [-0.3, -0.25) is 0 Å². The molecule has 0 aliphatic carbocycles. The van der Waals surface area contributed by atoms with Gasteiger partial charge in [-0.05, 0) is 51.1 Å². The fraction of sp³-hybridized carbons (Fsp3) is 1.00. The van der Waals surface area contributed by atoms with Crippen LogP contribution in [0.15, 0.2) is 0 Å². The van der Waals surface area contributed by atoms with E-state index in [1.165, 1.54) is 0 Å². The largest absolute Gasteiger partial charge is 0.433 e. The van der Waals surface area contributed by atoms with E-state index in [1.54, 1.807) is 0 Å². The van der Waals surface area contributed by atoms with Crippen LogP contribution in [0.4, 0.5) is 0 Å². The van der Waals surface area contributed by atoms with Crippen molar-refractivity contribution in [1.29, 1.82) is 0 Å². The molecule has 0 amide bonds. The van der Waals surface area contributed by atoms with Gasteiger partial charge in [0.05, 0.1) is 0 Å². The van der Waals surface area contributed by atoms with Crippen LogP contribution in [-0.2, 0) is 26.2 Å². The number of hydrogen-bond donors (Lipinski definition) is 4. The van der Waals surface area contributed by atoms with E-state index in [0.29, 0.717) is 25.0 Å². The van der Waals surface area contributed by atoms with Gasteiger partial charge in [-0.15, -0.1) is 0 Å². The number of hydrogen-bond acceptors (Lipinski definition) is 4. The van der Waals surface area contributed by atoms with Crippen LogP contribution in [0.3, 0.4) is 0 Å². The molecule has 4 N–H and O–H groups in total. The van der Waals surface area contributed by atoms with Gasteiger partial charge in [0.15, 0.2) is 16.6 Å². The smallest absolute Gasteiger partial charge is 0.179 e. The Hall–Kier alpha value is 1.16. The minimum Gasteiger partial charge on any atom is -0.433 e. The van der Waals surface area contributed by atoms with E-state index in [1.807, 2.05) is 67.0 Å². The molecule has 7 heteroatoms. The van der Waals surface area contributed by atoms with Crippen molar-refractivity contribution in [3.63, 3.8) is 0 Å². The first-order valence-corrected chi connectivity index (χ1v) is 14.1. The Morgan fingerprint density at radius 3 is 0.667 bits per heavy atom. The van der Waals surface area contributed by atoms with Crippen LogP contribution in [0.1, 0.15) is 27.7 Å². The third kappa shape index (κ3) is 292. The van der Waals surface area contributed by atoms with Crippen molar-refractivity contribution in [3.05, 3.63) is 0 Å². The molecule has 0 aliphatic rings. The van der Waals surface area contributed by atoms with E-state index in [0.717, 1.165) is 0 Å². The molecular formula is C14H40O4Si2Zr. The van der Waals surface area contributed by atoms with Crippen LogP contribution in [-0.4, -0.2) is 49.7 Å². The van der Waals surface area contributed by atoms with E-state index in [9.17, 15) is 0 Å². The van der Waals surface area contributed by atoms with Gasteiger partial charge in [0.2, 0.25) is 0 Å². The molecule has 4 nitrogen and oxygen atoms in total. The van der Waals surface area contributed by atoms with Crippen molar-refractivity contribution >= 4 is 16.6 Å². The van der Waals surface area contributed by atoms with E-state index < -0.39 is 16.6 Å². The van der Waals surface area contributed by atoms with E-state index in [2.05, 4.69) is 0 Å². The average Bonchev–Trinajstić information content (AvgIpc) is 2.13. The van der Waals surface area contributed by atoms with Crippen LogP contribution in [0.25, 0.3) is 0 Å². The summed E-state index contributed by atoms with van der Waals surface area (Å²) in [6.07, 6.45) is 0. The summed E-state index contributed by atoms with van der Waals surface area (Å²) >= 11 is 0. The van der Waals surface area contributed by atoms with Crippen molar-refractivity contribution in [1.82, 2.24) is 0 Å². The first kappa shape index (κ1) is 33.7. The van der Waals surface area contributed by atoms with Gasteiger partial charge >= 0.3 is 0 Å². The molecule has 0 unspecified atom stereocenters. The van der Waals surface area contributed by atoms with Crippen LogP contribution >= 0.6 is 0 Å². The molecule has 0 aromatic heterocycles. The van der Waals surface area contributed by atoms with Crippen LogP contribution in [0.5, 0.6) is 0 Å². The Kier molecular flexibility index (Phi) is 30.8. The molecule has 0 bridgehead atoms. The molecule has 0 radical (unpaired) electrons. The van der Waals surface area contributed by atoms with Crippen LogP contribution < -0.4 is 0 Å². The van der Waals surface area contributed by atoms with Gasteiger partial charge in [0, 0.05) is 39.4 Å². The summed E-state index contributed by atoms with van der Waals surface area (Å²) in [5.41, 5.74) is 0. The van der Waals surface area contributed by atoms with Crippen molar-refractivity contribution in [2.45, 2.75) is 67.0 Å². The number of aliphatic hydroxyl groups is 2. The minimum absolute atomic E-state index is 0. The fourth-order valence-corrected chi connectivity index (χ4v) is 0. The van der Waals surface area contributed by atoms with Crippen molar-refractivity contribution < 1.29 is 46.0 Å². The Balaban J connectivity index is -0.0000000533. The summed E-state index contributed by atoms with van der Waals surface area (Å²) in [6, 6.07) is 0. The van der Waals surface area contributed by atoms with Gasteiger partial charge in [-0.1, -0.05) is 27.7 Å². The molecule has 0 saturated heterocycles. The van der Waals surface area contributed by atoms with E-state index in [-0.39, 0.29) is 26.2 Å². The molecule has 0 spiro atoms. The molecule has 0 fully saturated rings.